The zero-order chi connectivity index (χ0) is 17.3. The van der Waals surface area contributed by atoms with Gasteiger partial charge in [-0.3, -0.25) is 14.4 Å². The maximum absolute atomic E-state index is 12.1. The number of unbranched alkanes of at least 4 members (excludes halogenated alkanes) is 1. The summed E-state index contributed by atoms with van der Waals surface area (Å²) < 4.78 is 15.1. The molecule has 0 amide bonds. The fraction of sp³-hybridized carbons (Fsp3) is 0.812. The van der Waals surface area contributed by atoms with Crippen molar-refractivity contribution in [3.05, 3.63) is 0 Å². The summed E-state index contributed by atoms with van der Waals surface area (Å²) in [5.74, 6) is -3.91. The van der Waals surface area contributed by atoms with E-state index < -0.39 is 35.2 Å². The van der Waals surface area contributed by atoms with Gasteiger partial charge in [0.1, 0.15) is 18.1 Å². The predicted molar refractivity (Wildman–Crippen MR) is 81.2 cm³/mol. The molecule has 0 bridgehead atoms. The van der Waals surface area contributed by atoms with Crippen LogP contribution in [0, 0.1) is 11.8 Å². The quantitative estimate of drug-likeness (QED) is 0.368. The van der Waals surface area contributed by atoms with E-state index in [1.165, 1.54) is 14.0 Å². The molecule has 0 N–H and O–H groups in total. The van der Waals surface area contributed by atoms with Crippen LogP contribution in [0.1, 0.15) is 47.5 Å². The lowest BCUT2D eigenvalue weighted by Gasteiger charge is -2.25. The van der Waals surface area contributed by atoms with Crippen molar-refractivity contribution in [1.29, 1.82) is 0 Å². The van der Waals surface area contributed by atoms with Crippen LogP contribution >= 0.6 is 0 Å². The Kier molecular flexibility index (Phi) is 8.94. The zero-order valence-corrected chi connectivity index (χ0v) is 14.4. The Bertz CT molecular complexity index is 383. The Labute approximate surface area is 132 Å². The molecule has 0 rings (SSSR count). The van der Waals surface area contributed by atoms with Gasteiger partial charge in [0, 0.05) is 7.11 Å². The largest absolute Gasteiger partial charge is 0.465 e. The van der Waals surface area contributed by atoms with E-state index in [0.29, 0.717) is 6.42 Å². The summed E-state index contributed by atoms with van der Waals surface area (Å²) >= 11 is 0. The van der Waals surface area contributed by atoms with Crippen LogP contribution in [0.3, 0.4) is 0 Å². The second-order valence-corrected chi connectivity index (χ2v) is 6.22. The smallest absolute Gasteiger partial charge is 0.317 e. The summed E-state index contributed by atoms with van der Waals surface area (Å²) in [5, 5.41) is 0. The molecule has 0 fully saturated rings. The average molecular weight is 316 g/mol. The van der Waals surface area contributed by atoms with E-state index in [2.05, 4.69) is 0 Å². The zero-order valence-electron chi connectivity index (χ0n) is 14.4. The maximum atomic E-state index is 12.1. The van der Waals surface area contributed by atoms with Gasteiger partial charge in [-0.1, -0.05) is 20.3 Å². The molecule has 0 aliphatic carbocycles. The third-order valence-electron chi connectivity index (χ3n) is 2.91. The minimum absolute atomic E-state index is 0.229. The van der Waals surface area contributed by atoms with Crippen LogP contribution in [0.4, 0.5) is 0 Å². The fourth-order valence-electron chi connectivity index (χ4n) is 1.78. The van der Waals surface area contributed by atoms with Crippen LogP contribution in [0.15, 0.2) is 0 Å². The van der Waals surface area contributed by atoms with Crippen LogP contribution in [-0.4, -0.2) is 43.6 Å². The summed E-state index contributed by atoms with van der Waals surface area (Å²) in [4.78, 5) is 36.4. The first-order chi connectivity index (χ1) is 10.1. The number of Topliss-reactive ketones (excluding diaryl/α,β-unsaturated/α-hetero) is 1. The molecule has 22 heavy (non-hydrogen) atoms. The van der Waals surface area contributed by atoms with Crippen LogP contribution < -0.4 is 0 Å². The lowest BCUT2D eigenvalue weighted by molar-refractivity contribution is -0.170. The first-order valence-corrected chi connectivity index (χ1v) is 7.55. The number of ketones is 1. The first-order valence-electron chi connectivity index (χ1n) is 7.55. The second kappa shape index (κ2) is 9.56. The summed E-state index contributed by atoms with van der Waals surface area (Å²) in [7, 11) is 1.36. The van der Waals surface area contributed by atoms with E-state index >= 15 is 0 Å². The lowest BCUT2D eigenvalue weighted by atomic mass is 9.90. The number of rotatable bonds is 9. The molecule has 0 aromatic rings. The highest BCUT2D eigenvalue weighted by Crippen LogP contribution is 2.20. The number of ether oxygens (including phenoxy) is 3. The number of carbonyl (C=O) groups is 3. The molecule has 0 aromatic carbocycles. The van der Waals surface area contributed by atoms with Crippen LogP contribution in [0.2, 0.25) is 0 Å². The molecule has 0 heterocycles. The topological polar surface area (TPSA) is 78.9 Å². The number of methoxy groups -OCH3 is 1. The first kappa shape index (κ1) is 20.6. The van der Waals surface area contributed by atoms with Crippen molar-refractivity contribution in [2.24, 2.45) is 11.8 Å². The van der Waals surface area contributed by atoms with Gasteiger partial charge in [-0.05, 0) is 27.2 Å². The summed E-state index contributed by atoms with van der Waals surface area (Å²) in [5.41, 5.74) is -0.688. The molecular weight excluding hydrogens is 288 g/mol. The number of hydrogen-bond donors (Lipinski definition) is 0. The van der Waals surface area contributed by atoms with E-state index in [0.717, 1.165) is 6.42 Å². The van der Waals surface area contributed by atoms with Gasteiger partial charge in [0.25, 0.3) is 0 Å². The van der Waals surface area contributed by atoms with Gasteiger partial charge in [-0.15, -0.1) is 0 Å². The number of esters is 2. The molecule has 0 aliphatic heterocycles. The molecule has 2 unspecified atom stereocenters. The third-order valence-corrected chi connectivity index (χ3v) is 2.91. The van der Waals surface area contributed by atoms with Gasteiger partial charge in [0.05, 0.1) is 12.5 Å². The molecule has 0 saturated heterocycles. The third kappa shape index (κ3) is 7.54. The van der Waals surface area contributed by atoms with Crippen molar-refractivity contribution in [1.82, 2.24) is 0 Å². The van der Waals surface area contributed by atoms with Crippen LogP contribution in [-0.2, 0) is 28.6 Å². The molecule has 0 aliphatic rings. The molecule has 0 spiro atoms. The second-order valence-electron chi connectivity index (χ2n) is 6.22. The van der Waals surface area contributed by atoms with Crippen molar-refractivity contribution >= 4 is 17.7 Å². The van der Waals surface area contributed by atoms with Gasteiger partial charge < -0.3 is 14.2 Å². The van der Waals surface area contributed by atoms with E-state index in [1.807, 2.05) is 6.92 Å². The highest BCUT2D eigenvalue weighted by Gasteiger charge is 2.39. The Hall–Kier alpha value is -1.43. The molecule has 6 nitrogen and oxygen atoms in total. The van der Waals surface area contributed by atoms with Gasteiger partial charge >= 0.3 is 11.9 Å². The Morgan fingerprint density at radius 1 is 1.09 bits per heavy atom. The highest BCUT2D eigenvalue weighted by molar-refractivity contribution is 6.03. The minimum atomic E-state index is -1.20. The van der Waals surface area contributed by atoms with Crippen LogP contribution in [0.5, 0.6) is 0 Å². The molecule has 128 valence electrons. The molecule has 2 atom stereocenters. The van der Waals surface area contributed by atoms with E-state index in [-0.39, 0.29) is 13.2 Å². The minimum Gasteiger partial charge on any atom is -0.465 e. The predicted octanol–water partition coefficient (Wildman–Crippen LogP) is 2.14. The Balaban J connectivity index is 5.01. The number of carbonyl (C=O) groups excluding carboxylic acids is 3. The summed E-state index contributed by atoms with van der Waals surface area (Å²) in [6, 6.07) is 0. The molecule has 0 saturated carbocycles. The molecular formula is C16H28O6. The molecule has 0 radical (unpaired) electrons. The van der Waals surface area contributed by atoms with Crippen molar-refractivity contribution < 1.29 is 28.6 Å². The standard InChI is InChI=1S/C16H28O6/c1-7-8-9-21-15(19)13(12(17)10-20-6)11(2)14(18)22-16(3,4)5/h11,13H,7-10H2,1-6H3. The monoisotopic (exact) mass is 316 g/mol. The van der Waals surface area contributed by atoms with Crippen molar-refractivity contribution in [3.63, 3.8) is 0 Å². The average Bonchev–Trinajstić information content (AvgIpc) is 2.37. The van der Waals surface area contributed by atoms with Crippen molar-refractivity contribution in [2.75, 3.05) is 20.3 Å². The number of hydrogen-bond acceptors (Lipinski definition) is 6. The Morgan fingerprint density at radius 2 is 1.68 bits per heavy atom. The van der Waals surface area contributed by atoms with Gasteiger partial charge in [-0.2, -0.15) is 0 Å². The maximum Gasteiger partial charge on any atom is 0.317 e. The van der Waals surface area contributed by atoms with Gasteiger partial charge in [-0.25, -0.2) is 0 Å². The van der Waals surface area contributed by atoms with Crippen molar-refractivity contribution in [3.8, 4) is 0 Å². The van der Waals surface area contributed by atoms with Crippen molar-refractivity contribution in [2.45, 2.75) is 53.1 Å². The van der Waals surface area contributed by atoms with Gasteiger partial charge in [0.15, 0.2) is 5.78 Å². The normalized spacial score (nSPS) is 14.1. The molecule has 6 heteroatoms. The van der Waals surface area contributed by atoms with E-state index in [4.69, 9.17) is 14.2 Å². The van der Waals surface area contributed by atoms with Gasteiger partial charge in [0.2, 0.25) is 0 Å². The summed E-state index contributed by atoms with van der Waals surface area (Å²) in [6.45, 7) is 8.61. The Morgan fingerprint density at radius 3 is 2.14 bits per heavy atom. The van der Waals surface area contributed by atoms with E-state index in [1.54, 1.807) is 20.8 Å². The SMILES string of the molecule is CCCCOC(=O)C(C(=O)COC)C(C)C(=O)OC(C)(C)C. The van der Waals surface area contributed by atoms with E-state index in [9.17, 15) is 14.4 Å². The highest BCUT2D eigenvalue weighted by atomic mass is 16.6. The summed E-state index contributed by atoms with van der Waals surface area (Å²) in [6.07, 6.45) is 1.57. The molecule has 0 aromatic heterocycles. The fourth-order valence-corrected chi connectivity index (χ4v) is 1.78. The lowest BCUT2D eigenvalue weighted by Crippen LogP contribution is -2.40. The van der Waals surface area contributed by atoms with Crippen LogP contribution in [0.25, 0.3) is 0 Å².